The Morgan fingerprint density at radius 3 is 2.14 bits per heavy atom. The molecule has 0 bridgehead atoms. The molecule has 86 valence electrons. The SMILES string of the molecule is CC(C)(C)C(CCO)NCC(O)CO. The monoisotopic (exact) mass is 205 g/mol. The Morgan fingerprint density at radius 1 is 1.21 bits per heavy atom. The summed E-state index contributed by atoms with van der Waals surface area (Å²) in [7, 11) is 0. The Balaban J connectivity index is 3.98. The van der Waals surface area contributed by atoms with Crippen LogP contribution in [0.25, 0.3) is 0 Å². The van der Waals surface area contributed by atoms with Gasteiger partial charge in [0.05, 0.1) is 12.7 Å². The quantitative estimate of drug-likeness (QED) is 0.481. The van der Waals surface area contributed by atoms with Crippen LogP contribution in [0.5, 0.6) is 0 Å². The van der Waals surface area contributed by atoms with Crippen LogP contribution in [0.2, 0.25) is 0 Å². The van der Waals surface area contributed by atoms with Gasteiger partial charge in [0.25, 0.3) is 0 Å². The van der Waals surface area contributed by atoms with Gasteiger partial charge in [0.1, 0.15) is 0 Å². The standard InChI is InChI=1S/C10H23NO3/c1-10(2,3)9(4-5-12)11-6-8(14)7-13/h8-9,11-14H,4-7H2,1-3H3. The molecule has 0 fully saturated rings. The van der Waals surface area contributed by atoms with Crippen molar-refractivity contribution >= 4 is 0 Å². The maximum absolute atomic E-state index is 9.17. The fraction of sp³-hybridized carbons (Fsp3) is 1.00. The number of hydrogen-bond acceptors (Lipinski definition) is 4. The lowest BCUT2D eigenvalue weighted by molar-refractivity contribution is 0.0835. The molecule has 0 heterocycles. The molecular formula is C10H23NO3. The molecule has 4 heteroatoms. The second kappa shape index (κ2) is 6.35. The van der Waals surface area contributed by atoms with Crippen molar-refractivity contribution in [2.24, 2.45) is 5.41 Å². The van der Waals surface area contributed by atoms with Gasteiger partial charge in [-0.2, -0.15) is 0 Å². The number of aliphatic hydroxyl groups is 3. The van der Waals surface area contributed by atoms with Crippen molar-refractivity contribution in [1.29, 1.82) is 0 Å². The van der Waals surface area contributed by atoms with Crippen LogP contribution in [0.1, 0.15) is 27.2 Å². The first-order valence-electron chi connectivity index (χ1n) is 5.05. The fourth-order valence-electron chi connectivity index (χ4n) is 1.31. The van der Waals surface area contributed by atoms with E-state index in [0.29, 0.717) is 13.0 Å². The molecule has 0 saturated carbocycles. The second-order valence-electron chi connectivity index (χ2n) is 4.68. The molecule has 0 amide bonds. The molecule has 4 nitrogen and oxygen atoms in total. The van der Waals surface area contributed by atoms with Gasteiger partial charge in [-0.25, -0.2) is 0 Å². The molecule has 0 saturated heterocycles. The normalized spacial score (nSPS) is 16.7. The molecule has 0 aromatic rings. The van der Waals surface area contributed by atoms with Crippen LogP contribution in [0.3, 0.4) is 0 Å². The highest BCUT2D eigenvalue weighted by Crippen LogP contribution is 2.21. The summed E-state index contributed by atoms with van der Waals surface area (Å²) in [6, 6.07) is 0.147. The predicted octanol–water partition coefficient (Wildman–Crippen LogP) is -0.274. The number of hydrogen-bond donors (Lipinski definition) is 4. The number of nitrogens with one attached hydrogen (secondary N) is 1. The van der Waals surface area contributed by atoms with Crippen LogP contribution in [0.4, 0.5) is 0 Å². The van der Waals surface area contributed by atoms with Gasteiger partial charge in [0.2, 0.25) is 0 Å². The third-order valence-electron chi connectivity index (χ3n) is 2.27. The lowest BCUT2D eigenvalue weighted by Crippen LogP contribution is -2.44. The summed E-state index contributed by atoms with van der Waals surface area (Å²) < 4.78 is 0. The second-order valence-corrected chi connectivity index (χ2v) is 4.68. The molecule has 0 aromatic carbocycles. The van der Waals surface area contributed by atoms with E-state index in [0.717, 1.165) is 0 Å². The highest BCUT2D eigenvalue weighted by atomic mass is 16.3. The maximum Gasteiger partial charge on any atom is 0.0895 e. The molecule has 0 aromatic heterocycles. The molecule has 2 unspecified atom stereocenters. The molecular weight excluding hydrogens is 182 g/mol. The molecule has 0 spiro atoms. The zero-order valence-corrected chi connectivity index (χ0v) is 9.32. The van der Waals surface area contributed by atoms with Crippen molar-refractivity contribution in [3.63, 3.8) is 0 Å². The summed E-state index contributed by atoms with van der Waals surface area (Å²) in [5.41, 5.74) is 0.0396. The topological polar surface area (TPSA) is 72.7 Å². The van der Waals surface area contributed by atoms with Crippen molar-refractivity contribution in [1.82, 2.24) is 5.32 Å². The van der Waals surface area contributed by atoms with Gasteiger partial charge in [-0.15, -0.1) is 0 Å². The van der Waals surface area contributed by atoms with E-state index in [2.05, 4.69) is 26.1 Å². The molecule has 14 heavy (non-hydrogen) atoms. The Hall–Kier alpha value is -0.160. The van der Waals surface area contributed by atoms with Gasteiger partial charge in [-0.05, 0) is 11.8 Å². The zero-order valence-electron chi connectivity index (χ0n) is 9.32. The van der Waals surface area contributed by atoms with Gasteiger partial charge < -0.3 is 20.6 Å². The minimum absolute atomic E-state index is 0.0396. The van der Waals surface area contributed by atoms with Gasteiger partial charge in [-0.1, -0.05) is 20.8 Å². The van der Waals surface area contributed by atoms with Crippen LogP contribution in [0.15, 0.2) is 0 Å². The summed E-state index contributed by atoms with van der Waals surface area (Å²) >= 11 is 0. The van der Waals surface area contributed by atoms with Gasteiger partial charge in [-0.3, -0.25) is 0 Å². The number of rotatable bonds is 6. The van der Waals surface area contributed by atoms with E-state index in [1.807, 2.05) is 0 Å². The average molecular weight is 205 g/mol. The molecule has 0 rings (SSSR count). The smallest absolute Gasteiger partial charge is 0.0895 e. The average Bonchev–Trinajstić information content (AvgIpc) is 2.09. The molecule has 2 atom stereocenters. The highest BCUT2D eigenvalue weighted by Gasteiger charge is 2.23. The van der Waals surface area contributed by atoms with Crippen molar-refractivity contribution in [3.05, 3.63) is 0 Å². The molecule has 0 radical (unpaired) electrons. The fourth-order valence-corrected chi connectivity index (χ4v) is 1.31. The third kappa shape index (κ3) is 5.54. The Bertz CT molecular complexity index is 145. The van der Waals surface area contributed by atoms with Crippen molar-refractivity contribution in [2.75, 3.05) is 19.8 Å². The van der Waals surface area contributed by atoms with E-state index < -0.39 is 6.10 Å². The van der Waals surface area contributed by atoms with Crippen LogP contribution < -0.4 is 5.32 Å². The first kappa shape index (κ1) is 13.8. The summed E-state index contributed by atoms with van der Waals surface area (Å²) in [6.07, 6.45) is -0.0692. The summed E-state index contributed by atoms with van der Waals surface area (Å²) in [4.78, 5) is 0. The third-order valence-corrected chi connectivity index (χ3v) is 2.27. The summed E-state index contributed by atoms with van der Waals surface area (Å²) in [5.74, 6) is 0. The predicted molar refractivity (Wildman–Crippen MR) is 56.0 cm³/mol. The Labute approximate surface area is 86.0 Å². The van der Waals surface area contributed by atoms with Crippen molar-refractivity contribution in [2.45, 2.75) is 39.3 Å². The maximum atomic E-state index is 9.17. The Morgan fingerprint density at radius 2 is 1.79 bits per heavy atom. The first-order chi connectivity index (χ1) is 6.41. The van der Waals surface area contributed by atoms with E-state index in [9.17, 15) is 0 Å². The zero-order chi connectivity index (χ0) is 11.2. The van der Waals surface area contributed by atoms with Crippen molar-refractivity contribution in [3.8, 4) is 0 Å². The van der Waals surface area contributed by atoms with Gasteiger partial charge in [0, 0.05) is 19.2 Å². The molecule has 0 aliphatic carbocycles. The van der Waals surface area contributed by atoms with Crippen LogP contribution in [-0.2, 0) is 0 Å². The largest absolute Gasteiger partial charge is 0.396 e. The van der Waals surface area contributed by atoms with Crippen molar-refractivity contribution < 1.29 is 15.3 Å². The molecule has 4 N–H and O–H groups in total. The van der Waals surface area contributed by atoms with E-state index in [-0.39, 0.29) is 24.7 Å². The van der Waals surface area contributed by atoms with E-state index in [4.69, 9.17) is 15.3 Å². The minimum Gasteiger partial charge on any atom is -0.396 e. The van der Waals surface area contributed by atoms with Gasteiger partial charge in [0.15, 0.2) is 0 Å². The van der Waals surface area contributed by atoms with Crippen LogP contribution in [0, 0.1) is 5.41 Å². The van der Waals surface area contributed by atoms with Gasteiger partial charge >= 0.3 is 0 Å². The molecule has 0 aliphatic heterocycles. The number of aliphatic hydroxyl groups excluding tert-OH is 3. The van der Waals surface area contributed by atoms with Crippen LogP contribution in [-0.4, -0.2) is 47.2 Å². The van der Waals surface area contributed by atoms with E-state index >= 15 is 0 Å². The van der Waals surface area contributed by atoms with E-state index in [1.54, 1.807) is 0 Å². The lowest BCUT2D eigenvalue weighted by atomic mass is 9.85. The summed E-state index contributed by atoms with van der Waals surface area (Å²) in [5, 5.41) is 29.8. The lowest BCUT2D eigenvalue weighted by Gasteiger charge is -2.31. The minimum atomic E-state index is -0.724. The highest BCUT2D eigenvalue weighted by molar-refractivity contribution is 4.80. The van der Waals surface area contributed by atoms with Crippen LogP contribution >= 0.6 is 0 Å². The van der Waals surface area contributed by atoms with E-state index in [1.165, 1.54) is 0 Å². The molecule has 0 aliphatic rings. The summed E-state index contributed by atoms with van der Waals surface area (Å²) in [6.45, 7) is 6.48. The Kier molecular flexibility index (Phi) is 6.27. The first-order valence-corrected chi connectivity index (χ1v) is 5.05.